The lowest BCUT2D eigenvalue weighted by atomic mass is 10.1. The van der Waals surface area contributed by atoms with E-state index in [2.05, 4.69) is 6.07 Å². The summed E-state index contributed by atoms with van der Waals surface area (Å²) in [6.45, 7) is 0. The topological polar surface area (TPSA) is 35.2 Å². The van der Waals surface area contributed by atoms with E-state index in [1.165, 1.54) is 4.88 Å². The molecular weight excluding hydrogens is 194 g/mol. The van der Waals surface area contributed by atoms with Crippen LogP contribution in [0.5, 0.6) is 5.75 Å². The molecule has 0 unspecified atom stereocenters. The smallest absolute Gasteiger partial charge is 0.127 e. The van der Waals surface area contributed by atoms with Gasteiger partial charge in [-0.1, -0.05) is 6.07 Å². The highest BCUT2D eigenvalue weighted by atomic mass is 32.1. The zero-order valence-corrected chi connectivity index (χ0v) is 8.67. The summed E-state index contributed by atoms with van der Waals surface area (Å²) in [6.07, 6.45) is 0. The lowest BCUT2D eigenvalue weighted by Gasteiger charge is -2.07. The van der Waals surface area contributed by atoms with Crippen molar-refractivity contribution >= 4 is 17.0 Å². The third kappa shape index (κ3) is 1.59. The van der Waals surface area contributed by atoms with Crippen molar-refractivity contribution < 1.29 is 4.74 Å². The number of nitrogen functional groups attached to an aromatic ring is 1. The van der Waals surface area contributed by atoms with Crippen LogP contribution in [-0.2, 0) is 0 Å². The van der Waals surface area contributed by atoms with Crippen molar-refractivity contribution in [2.75, 3.05) is 12.8 Å². The average molecular weight is 205 g/mol. The quantitative estimate of drug-likeness (QED) is 0.765. The minimum atomic E-state index is 0.759. The van der Waals surface area contributed by atoms with Gasteiger partial charge in [0.1, 0.15) is 5.75 Å². The Morgan fingerprint density at radius 1 is 1.29 bits per heavy atom. The van der Waals surface area contributed by atoms with Gasteiger partial charge < -0.3 is 10.5 Å². The molecule has 2 rings (SSSR count). The van der Waals surface area contributed by atoms with Crippen LogP contribution in [0.15, 0.2) is 35.7 Å². The van der Waals surface area contributed by atoms with E-state index in [1.807, 2.05) is 29.6 Å². The predicted molar refractivity (Wildman–Crippen MR) is 60.7 cm³/mol. The molecule has 0 saturated heterocycles. The van der Waals surface area contributed by atoms with E-state index in [0.717, 1.165) is 17.0 Å². The maximum atomic E-state index is 5.74. The van der Waals surface area contributed by atoms with Crippen molar-refractivity contribution in [2.24, 2.45) is 0 Å². The van der Waals surface area contributed by atoms with E-state index < -0.39 is 0 Å². The molecule has 0 atom stereocenters. The lowest BCUT2D eigenvalue weighted by molar-refractivity contribution is 0.416. The Morgan fingerprint density at radius 2 is 2.14 bits per heavy atom. The fourth-order valence-electron chi connectivity index (χ4n) is 1.35. The van der Waals surface area contributed by atoms with E-state index >= 15 is 0 Å². The van der Waals surface area contributed by atoms with Gasteiger partial charge in [0.2, 0.25) is 0 Å². The minimum absolute atomic E-state index is 0.759. The number of hydrogen-bond acceptors (Lipinski definition) is 3. The van der Waals surface area contributed by atoms with Gasteiger partial charge in [-0.05, 0) is 29.6 Å². The van der Waals surface area contributed by atoms with Crippen LogP contribution in [0.4, 0.5) is 5.69 Å². The fraction of sp³-hybridized carbons (Fsp3) is 0.0909. The third-order valence-electron chi connectivity index (χ3n) is 2.01. The van der Waals surface area contributed by atoms with E-state index in [9.17, 15) is 0 Å². The predicted octanol–water partition coefficient (Wildman–Crippen LogP) is 3.01. The Bertz CT molecular complexity index is 423. The number of hydrogen-bond donors (Lipinski definition) is 1. The number of rotatable bonds is 2. The SMILES string of the molecule is COc1ccc(N)cc1-c1cccs1. The van der Waals surface area contributed by atoms with Gasteiger partial charge in [0.15, 0.2) is 0 Å². The summed E-state index contributed by atoms with van der Waals surface area (Å²) in [6, 6.07) is 9.75. The Morgan fingerprint density at radius 3 is 2.79 bits per heavy atom. The van der Waals surface area contributed by atoms with Crippen molar-refractivity contribution in [2.45, 2.75) is 0 Å². The summed E-state index contributed by atoms with van der Waals surface area (Å²) < 4.78 is 5.28. The number of thiophene rings is 1. The Labute approximate surface area is 86.9 Å². The normalized spacial score (nSPS) is 10.1. The summed E-state index contributed by atoms with van der Waals surface area (Å²) in [5.41, 5.74) is 7.55. The summed E-state index contributed by atoms with van der Waals surface area (Å²) in [7, 11) is 1.67. The monoisotopic (exact) mass is 205 g/mol. The number of ether oxygens (including phenoxy) is 1. The highest BCUT2D eigenvalue weighted by Gasteiger charge is 2.06. The Kier molecular flexibility index (Phi) is 2.41. The number of benzene rings is 1. The first-order valence-electron chi connectivity index (χ1n) is 4.28. The van der Waals surface area contributed by atoms with Crippen molar-refractivity contribution in [3.05, 3.63) is 35.7 Å². The first-order valence-corrected chi connectivity index (χ1v) is 5.16. The molecule has 2 aromatic rings. The second-order valence-electron chi connectivity index (χ2n) is 2.94. The van der Waals surface area contributed by atoms with Crippen molar-refractivity contribution in [3.8, 4) is 16.2 Å². The van der Waals surface area contributed by atoms with Gasteiger partial charge in [-0.25, -0.2) is 0 Å². The van der Waals surface area contributed by atoms with Crippen LogP contribution in [0, 0.1) is 0 Å². The van der Waals surface area contributed by atoms with Crippen molar-refractivity contribution in [1.82, 2.24) is 0 Å². The first-order chi connectivity index (χ1) is 6.81. The maximum absolute atomic E-state index is 5.74. The van der Waals surface area contributed by atoms with Gasteiger partial charge in [-0.2, -0.15) is 0 Å². The lowest BCUT2D eigenvalue weighted by Crippen LogP contribution is -1.89. The van der Waals surface area contributed by atoms with Crippen LogP contribution in [0.3, 0.4) is 0 Å². The highest BCUT2D eigenvalue weighted by Crippen LogP contribution is 2.34. The van der Waals surface area contributed by atoms with Crippen LogP contribution in [0.25, 0.3) is 10.4 Å². The van der Waals surface area contributed by atoms with E-state index in [0.29, 0.717) is 0 Å². The highest BCUT2D eigenvalue weighted by molar-refractivity contribution is 7.13. The molecule has 2 N–H and O–H groups in total. The molecule has 0 aliphatic carbocycles. The van der Waals surface area contributed by atoms with Crippen LogP contribution in [0.2, 0.25) is 0 Å². The maximum Gasteiger partial charge on any atom is 0.127 e. The minimum Gasteiger partial charge on any atom is -0.496 e. The molecule has 0 spiro atoms. The molecule has 0 aliphatic heterocycles. The summed E-state index contributed by atoms with van der Waals surface area (Å²) in [4.78, 5) is 1.18. The molecule has 1 aromatic heterocycles. The molecule has 0 amide bonds. The molecule has 0 aliphatic rings. The molecule has 72 valence electrons. The second-order valence-corrected chi connectivity index (χ2v) is 3.88. The van der Waals surface area contributed by atoms with Crippen LogP contribution < -0.4 is 10.5 Å². The molecule has 2 nitrogen and oxygen atoms in total. The first kappa shape index (κ1) is 9.09. The summed E-state index contributed by atoms with van der Waals surface area (Å²) in [5.74, 6) is 0.863. The molecule has 1 heterocycles. The molecule has 0 radical (unpaired) electrons. The van der Waals surface area contributed by atoms with E-state index in [-0.39, 0.29) is 0 Å². The molecule has 0 saturated carbocycles. The van der Waals surface area contributed by atoms with Crippen LogP contribution in [0.1, 0.15) is 0 Å². The summed E-state index contributed by atoms with van der Waals surface area (Å²) in [5, 5.41) is 2.04. The van der Waals surface area contributed by atoms with E-state index in [1.54, 1.807) is 18.4 Å². The fourth-order valence-corrected chi connectivity index (χ4v) is 2.10. The van der Waals surface area contributed by atoms with Crippen LogP contribution in [-0.4, -0.2) is 7.11 Å². The molecule has 1 aromatic carbocycles. The van der Waals surface area contributed by atoms with Gasteiger partial charge in [-0.3, -0.25) is 0 Å². The standard InChI is InChI=1S/C11H11NOS/c1-13-10-5-4-8(12)7-9(10)11-3-2-6-14-11/h2-7H,12H2,1H3. The molecular formula is C11H11NOS. The van der Waals surface area contributed by atoms with E-state index in [4.69, 9.17) is 10.5 Å². The zero-order chi connectivity index (χ0) is 9.97. The summed E-state index contributed by atoms with van der Waals surface area (Å²) >= 11 is 1.68. The third-order valence-corrected chi connectivity index (χ3v) is 2.91. The van der Waals surface area contributed by atoms with Gasteiger partial charge in [0, 0.05) is 16.1 Å². The molecule has 0 bridgehead atoms. The van der Waals surface area contributed by atoms with Gasteiger partial charge >= 0.3 is 0 Å². The second kappa shape index (κ2) is 3.72. The number of anilines is 1. The van der Waals surface area contributed by atoms with Gasteiger partial charge in [0.25, 0.3) is 0 Å². The Hall–Kier alpha value is -1.48. The molecule has 14 heavy (non-hydrogen) atoms. The number of nitrogens with two attached hydrogens (primary N) is 1. The average Bonchev–Trinajstić information content (AvgIpc) is 2.70. The van der Waals surface area contributed by atoms with Gasteiger partial charge in [0.05, 0.1) is 7.11 Å². The van der Waals surface area contributed by atoms with Crippen LogP contribution >= 0.6 is 11.3 Å². The Balaban J connectivity index is 2.55. The number of methoxy groups -OCH3 is 1. The van der Waals surface area contributed by atoms with Crippen molar-refractivity contribution in [1.29, 1.82) is 0 Å². The van der Waals surface area contributed by atoms with Crippen molar-refractivity contribution in [3.63, 3.8) is 0 Å². The van der Waals surface area contributed by atoms with Gasteiger partial charge in [-0.15, -0.1) is 11.3 Å². The molecule has 3 heteroatoms. The molecule has 0 fully saturated rings. The zero-order valence-electron chi connectivity index (χ0n) is 7.86. The largest absolute Gasteiger partial charge is 0.496 e.